The van der Waals surface area contributed by atoms with E-state index in [-0.39, 0.29) is 18.2 Å². The Morgan fingerprint density at radius 1 is 1.00 bits per heavy atom. The minimum atomic E-state index is -0.350. The first-order chi connectivity index (χ1) is 11.1. The fraction of sp³-hybridized carbons (Fsp3) is 0.158. The number of ketones is 1. The van der Waals surface area contributed by atoms with Crippen molar-refractivity contribution in [3.8, 4) is 0 Å². The van der Waals surface area contributed by atoms with Crippen molar-refractivity contribution in [1.29, 1.82) is 0 Å². The molecule has 0 aliphatic heterocycles. The second kappa shape index (κ2) is 7.94. The first-order valence-corrected chi connectivity index (χ1v) is 7.40. The molecule has 0 saturated heterocycles. The molecular formula is C19H19NO3. The van der Waals surface area contributed by atoms with Gasteiger partial charge in [0.25, 0.3) is 0 Å². The number of nitrogens with one attached hydrogen (secondary N) is 1. The van der Waals surface area contributed by atoms with E-state index in [9.17, 15) is 9.59 Å². The summed E-state index contributed by atoms with van der Waals surface area (Å²) in [7, 11) is 0. The van der Waals surface area contributed by atoms with Gasteiger partial charge in [-0.2, -0.15) is 0 Å². The number of hydrogen-bond acceptors (Lipinski definition) is 4. The van der Waals surface area contributed by atoms with E-state index in [2.05, 4.69) is 11.9 Å². The highest BCUT2D eigenvalue weighted by atomic mass is 16.5. The summed E-state index contributed by atoms with van der Waals surface area (Å²) >= 11 is 0. The van der Waals surface area contributed by atoms with Crippen LogP contribution >= 0.6 is 0 Å². The Morgan fingerprint density at radius 3 is 2.26 bits per heavy atom. The van der Waals surface area contributed by atoms with Crippen LogP contribution in [0.25, 0.3) is 0 Å². The van der Waals surface area contributed by atoms with Crippen molar-refractivity contribution in [2.75, 3.05) is 11.9 Å². The SMILES string of the molecule is C=C(CC(=O)c1ccccc1)Nc1ccc(C(=O)OCC)cc1. The highest BCUT2D eigenvalue weighted by Crippen LogP contribution is 2.15. The van der Waals surface area contributed by atoms with E-state index in [4.69, 9.17) is 4.74 Å². The second-order valence-corrected chi connectivity index (χ2v) is 4.99. The Bertz CT molecular complexity index is 690. The Hall–Kier alpha value is -2.88. The number of hydrogen-bond donors (Lipinski definition) is 1. The topological polar surface area (TPSA) is 55.4 Å². The summed E-state index contributed by atoms with van der Waals surface area (Å²) in [6.07, 6.45) is 0.212. The highest BCUT2D eigenvalue weighted by Gasteiger charge is 2.09. The molecule has 0 aliphatic carbocycles. The van der Waals surface area contributed by atoms with Gasteiger partial charge >= 0.3 is 5.97 Å². The van der Waals surface area contributed by atoms with Crippen LogP contribution in [0.3, 0.4) is 0 Å². The summed E-state index contributed by atoms with van der Waals surface area (Å²) in [4.78, 5) is 23.7. The van der Waals surface area contributed by atoms with Crippen LogP contribution in [0.5, 0.6) is 0 Å². The van der Waals surface area contributed by atoms with Crippen molar-refractivity contribution >= 4 is 17.4 Å². The standard InChI is InChI=1S/C19H19NO3/c1-3-23-19(22)16-9-11-17(12-10-16)20-14(2)13-18(21)15-7-5-4-6-8-15/h4-12,20H,2-3,13H2,1H3. The molecule has 0 heterocycles. The minimum absolute atomic E-state index is 0.00578. The lowest BCUT2D eigenvalue weighted by Crippen LogP contribution is -2.07. The molecule has 0 aliphatic rings. The maximum Gasteiger partial charge on any atom is 0.338 e. The van der Waals surface area contributed by atoms with Crippen molar-refractivity contribution < 1.29 is 14.3 Å². The molecule has 23 heavy (non-hydrogen) atoms. The molecule has 0 radical (unpaired) electrons. The van der Waals surface area contributed by atoms with Gasteiger partial charge in [-0.3, -0.25) is 4.79 Å². The third-order valence-corrected chi connectivity index (χ3v) is 3.19. The largest absolute Gasteiger partial charge is 0.462 e. The van der Waals surface area contributed by atoms with E-state index in [0.717, 1.165) is 5.69 Å². The number of ether oxygens (including phenoxy) is 1. The van der Waals surface area contributed by atoms with Gasteiger partial charge < -0.3 is 10.1 Å². The molecular weight excluding hydrogens is 290 g/mol. The number of benzene rings is 2. The number of Topliss-reactive ketones (excluding diaryl/α,β-unsaturated/α-hetero) is 1. The van der Waals surface area contributed by atoms with E-state index in [0.29, 0.717) is 23.4 Å². The Balaban J connectivity index is 1.93. The lowest BCUT2D eigenvalue weighted by atomic mass is 10.1. The van der Waals surface area contributed by atoms with Gasteiger partial charge in [-0.1, -0.05) is 36.9 Å². The highest BCUT2D eigenvalue weighted by molar-refractivity contribution is 5.97. The maximum atomic E-state index is 12.1. The van der Waals surface area contributed by atoms with Crippen LogP contribution in [-0.4, -0.2) is 18.4 Å². The third-order valence-electron chi connectivity index (χ3n) is 3.19. The van der Waals surface area contributed by atoms with Crippen molar-refractivity contribution in [3.63, 3.8) is 0 Å². The zero-order valence-electron chi connectivity index (χ0n) is 13.0. The summed E-state index contributed by atoms with van der Waals surface area (Å²) in [5, 5.41) is 3.07. The molecule has 1 N–H and O–H groups in total. The first-order valence-electron chi connectivity index (χ1n) is 7.40. The van der Waals surface area contributed by atoms with Gasteiger partial charge in [0.2, 0.25) is 0 Å². The van der Waals surface area contributed by atoms with Crippen molar-refractivity contribution in [3.05, 3.63) is 78.0 Å². The van der Waals surface area contributed by atoms with Crippen molar-refractivity contribution in [2.24, 2.45) is 0 Å². The number of allylic oxidation sites excluding steroid dienone is 1. The van der Waals surface area contributed by atoms with Crippen LogP contribution in [0, 0.1) is 0 Å². The summed E-state index contributed by atoms with van der Waals surface area (Å²) in [6, 6.07) is 16.0. The molecule has 4 nitrogen and oxygen atoms in total. The molecule has 0 bridgehead atoms. The smallest absolute Gasteiger partial charge is 0.338 e. The van der Waals surface area contributed by atoms with Crippen LogP contribution in [0.1, 0.15) is 34.1 Å². The zero-order valence-corrected chi connectivity index (χ0v) is 13.0. The summed E-state index contributed by atoms with van der Waals surface area (Å²) in [6.45, 7) is 5.99. The normalized spacial score (nSPS) is 9.96. The number of carbonyl (C=O) groups excluding carboxylic acids is 2. The molecule has 2 rings (SSSR count). The number of anilines is 1. The lowest BCUT2D eigenvalue weighted by molar-refractivity contribution is 0.0526. The van der Waals surface area contributed by atoms with Crippen LogP contribution < -0.4 is 5.32 Å². The monoisotopic (exact) mass is 309 g/mol. The predicted molar refractivity (Wildman–Crippen MR) is 90.6 cm³/mol. The van der Waals surface area contributed by atoms with Crippen molar-refractivity contribution in [1.82, 2.24) is 0 Å². The average Bonchev–Trinajstić information content (AvgIpc) is 2.56. The van der Waals surface area contributed by atoms with Gasteiger partial charge in [0.15, 0.2) is 5.78 Å². The number of carbonyl (C=O) groups is 2. The van der Waals surface area contributed by atoms with E-state index < -0.39 is 0 Å². The minimum Gasteiger partial charge on any atom is -0.462 e. The van der Waals surface area contributed by atoms with Gasteiger partial charge in [0.05, 0.1) is 18.6 Å². The molecule has 2 aromatic carbocycles. The summed E-state index contributed by atoms with van der Waals surface area (Å²) in [5.41, 5.74) is 2.52. The van der Waals surface area contributed by atoms with Gasteiger partial charge in [-0.15, -0.1) is 0 Å². The number of rotatable bonds is 7. The Kier molecular flexibility index (Phi) is 5.69. The Morgan fingerprint density at radius 2 is 1.65 bits per heavy atom. The molecule has 0 fully saturated rings. The number of esters is 1. The molecule has 2 aromatic rings. The summed E-state index contributed by atoms with van der Waals surface area (Å²) < 4.78 is 4.93. The van der Waals surface area contributed by atoms with E-state index in [1.165, 1.54) is 0 Å². The van der Waals surface area contributed by atoms with Gasteiger partial charge in [0, 0.05) is 16.9 Å². The first kappa shape index (κ1) is 16.5. The molecule has 0 aromatic heterocycles. The van der Waals surface area contributed by atoms with Crippen LogP contribution in [-0.2, 0) is 4.74 Å². The second-order valence-electron chi connectivity index (χ2n) is 4.99. The Labute approximate surface area is 135 Å². The van der Waals surface area contributed by atoms with Crippen LogP contribution in [0.2, 0.25) is 0 Å². The van der Waals surface area contributed by atoms with Crippen molar-refractivity contribution in [2.45, 2.75) is 13.3 Å². The molecule has 0 saturated carbocycles. The lowest BCUT2D eigenvalue weighted by Gasteiger charge is -2.10. The molecule has 4 heteroatoms. The average molecular weight is 309 g/mol. The molecule has 0 unspecified atom stereocenters. The predicted octanol–water partition coefficient (Wildman–Crippen LogP) is 4.06. The van der Waals surface area contributed by atoms with E-state index >= 15 is 0 Å². The fourth-order valence-electron chi connectivity index (χ4n) is 2.07. The van der Waals surface area contributed by atoms with Crippen LogP contribution in [0.15, 0.2) is 66.9 Å². The molecule has 118 valence electrons. The molecule has 0 spiro atoms. The molecule has 0 atom stereocenters. The fourth-order valence-corrected chi connectivity index (χ4v) is 2.07. The zero-order chi connectivity index (χ0) is 16.7. The van der Waals surface area contributed by atoms with Gasteiger partial charge in [-0.25, -0.2) is 4.79 Å². The summed E-state index contributed by atoms with van der Waals surface area (Å²) in [5.74, 6) is -0.344. The van der Waals surface area contributed by atoms with Gasteiger partial charge in [-0.05, 0) is 31.2 Å². The van der Waals surface area contributed by atoms with E-state index in [1.807, 2.05) is 18.2 Å². The molecule has 0 amide bonds. The third kappa shape index (κ3) is 4.81. The quantitative estimate of drug-likeness (QED) is 0.619. The maximum absolute atomic E-state index is 12.1. The van der Waals surface area contributed by atoms with E-state index in [1.54, 1.807) is 43.3 Å². The van der Waals surface area contributed by atoms with Crippen LogP contribution in [0.4, 0.5) is 5.69 Å². The van der Waals surface area contributed by atoms with Gasteiger partial charge in [0.1, 0.15) is 0 Å².